The zero-order valence-corrected chi connectivity index (χ0v) is 11.5. The molecule has 2 rings (SSSR count). The third kappa shape index (κ3) is 3.14. The van der Waals surface area contributed by atoms with Crippen molar-refractivity contribution in [2.24, 2.45) is 0 Å². The monoisotopic (exact) mass is 312 g/mol. The van der Waals surface area contributed by atoms with Crippen LogP contribution in [0.15, 0.2) is 29.0 Å². The number of hydrogen-bond acceptors (Lipinski definition) is 3. The van der Waals surface area contributed by atoms with E-state index in [0.717, 1.165) is 22.4 Å². The first-order valence-corrected chi connectivity index (χ1v) is 6.52. The fraction of sp³-hybridized carbons (Fsp3) is 0.333. The van der Waals surface area contributed by atoms with E-state index in [1.54, 1.807) is 6.07 Å². The van der Waals surface area contributed by atoms with Gasteiger partial charge in [0.2, 0.25) is 0 Å². The second kappa shape index (κ2) is 6.06. The molecule has 0 bridgehead atoms. The molecule has 0 amide bonds. The molecule has 96 valence electrons. The Bertz CT molecular complexity index is 501. The van der Waals surface area contributed by atoms with Gasteiger partial charge >= 0.3 is 0 Å². The van der Waals surface area contributed by atoms with E-state index in [4.69, 9.17) is 0 Å². The van der Waals surface area contributed by atoms with Crippen molar-refractivity contribution in [3.8, 4) is 0 Å². The SMILES string of the molecule is CCNC(Cc1cc(F)ccc1Br)c1ncn[nH]1. The average molecular weight is 313 g/mol. The summed E-state index contributed by atoms with van der Waals surface area (Å²) in [7, 11) is 0. The number of likely N-dealkylation sites (N-methyl/N-ethyl adjacent to an activating group) is 1. The van der Waals surface area contributed by atoms with Crippen LogP contribution in [0.4, 0.5) is 4.39 Å². The molecule has 0 spiro atoms. The molecule has 1 aromatic heterocycles. The van der Waals surface area contributed by atoms with Gasteiger partial charge in [0, 0.05) is 4.47 Å². The van der Waals surface area contributed by atoms with Crippen LogP contribution in [0.2, 0.25) is 0 Å². The van der Waals surface area contributed by atoms with Crippen molar-refractivity contribution < 1.29 is 4.39 Å². The van der Waals surface area contributed by atoms with E-state index in [9.17, 15) is 4.39 Å². The summed E-state index contributed by atoms with van der Waals surface area (Å²) in [6.07, 6.45) is 2.11. The van der Waals surface area contributed by atoms with Gasteiger partial charge in [-0.3, -0.25) is 5.10 Å². The summed E-state index contributed by atoms with van der Waals surface area (Å²) in [6.45, 7) is 2.82. The highest BCUT2D eigenvalue weighted by Crippen LogP contribution is 2.23. The predicted molar refractivity (Wildman–Crippen MR) is 70.6 cm³/mol. The molecule has 1 unspecified atom stereocenters. The first-order valence-electron chi connectivity index (χ1n) is 5.73. The Kier molecular flexibility index (Phi) is 4.43. The zero-order valence-electron chi connectivity index (χ0n) is 9.95. The van der Waals surface area contributed by atoms with Crippen molar-refractivity contribution in [1.82, 2.24) is 20.5 Å². The van der Waals surface area contributed by atoms with Gasteiger partial charge in [0.05, 0.1) is 6.04 Å². The van der Waals surface area contributed by atoms with Crippen LogP contribution in [-0.2, 0) is 6.42 Å². The van der Waals surface area contributed by atoms with Crippen molar-refractivity contribution in [3.63, 3.8) is 0 Å². The summed E-state index contributed by atoms with van der Waals surface area (Å²) in [4.78, 5) is 4.15. The second-order valence-corrected chi connectivity index (χ2v) is 4.78. The number of nitrogens with one attached hydrogen (secondary N) is 2. The van der Waals surface area contributed by atoms with Crippen LogP contribution in [0.25, 0.3) is 0 Å². The number of rotatable bonds is 5. The molecule has 2 aromatic rings. The third-order valence-corrected chi connectivity index (χ3v) is 3.42. The maximum atomic E-state index is 13.2. The van der Waals surface area contributed by atoms with E-state index in [1.807, 2.05) is 6.92 Å². The largest absolute Gasteiger partial charge is 0.307 e. The number of H-pyrrole nitrogens is 1. The molecule has 18 heavy (non-hydrogen) atoms. The number of halogens is 2. The summed E-state index contributed by atoms with van der Waals surface area (Å²) in [5.41, 5.74) is 0.900. The van der Waals surface area contributed by atoms with E-state index in [0.29, 0.717) is 6.42 Å². The molecular weight excluding hydrogens is 299 g/mol. The molecule has 0 fully saturated rings. The van der Waals surface area contributed by atoms with Crippen molar-refractivity contribution in [2.75, 3.05) is 6.54 Å². The van der Waals surface area contributed by atoms with Crippen LogP contribution in [0, 0.1) is 5.82 Å². The van der Waals surface area contributed by atoms with Crippen molar-refractivity contribution in [3.05, 3.63) is 46.2 Å². The lowest BCUT2D eigenvalue weighted by atomic mass is 10.1. The Morgan fingerprint density at radius 1 is 1.50 bits per heavy atom. The number of aromatic nitrogens is 3. The van der Waals surface area contributed by atoms with Crippen LogP contribution in [0.1, 0.15) is 24.4 Å². The fourth-order valence-corrected chi connectivity index (χ4v) is 2.22. The Morgan fingerprint density at radius 2 is 2.33 bits per heavy atom. The molecule has 0 aliphatic heterocycles. The van der Waals surface area contributed by atoms with Gasteiger partial charge in [-0.25, -0.2) is 9.37 Å². The van der Waals surface area contributed by atoms with Gasteiger partial charge in [-0.05, 0) is 36.7 Å². The highest BCUT2D eigenvalue weighted by Gasteiger charge is 2.15. The minimum absolute atomic E-state index is 0.00407. The highest BCUT2D eigenvalue weighted by molar-refractivity contribution is 9.10. The zero-order chi connectivity index (χ0) is 13.0. The van der Waals surface area contributed by atoms with Gasteiger partial charge in [0.1, 0.15) is 18.0 Å². The second-order valence-electron chi connectivity index (χ2n) is 3.92. The van der Waals surface area contributed by atoms with E-state index in [-0.39, 0.29) is 11.9 Å². The molecule has 0 saturated carbocycles. The fourth-order valence-electron chi connectivity index (χ4n) is 1.81. The molecule has 0 aliphatic rings. The van der Waals surface area contributed by atoms with Gasteiger partial charge in [-0.2, -0.15) is 5.10 Å². The quantitative estimate of drug-likeness (QED) is 0.892. The van der Waals surface area contributed by atoms with Gasteiger partial charge in [0.25, 0.3) is 0 Å². The van der Waals surface area contributed by atoms with Gasteiger partial charge in [0.15, 0.2) is 0 Å². The molecule has 2 N–H and O–H groups in total. The Balaban J connectivity index is 2.21. The number of nitrogens with zero attached hydrogens (tertiary/aromatic N) is 2. The summed E-state index contributed by atoms with van der Waals surface area (Å²) in [5, 5.41) is 9.99. The smallest absolute Gasteiger partial charge is 0.141 e. The maximum Gasteiger partial charge on any atom is 0.141 e. The van der Waals surface area contributed by atoms with Crippen LogP contribution in [0.3, 0.4) is 0 Å². The Labute approximate surface area is 113 Å². The number of hydrogen-bond donors (Lipinski definition) is 2. The minimum Gasteiger partial charge on any atom is -0.307 e. The van der Waals surface area contributed by atoms with E-state index in [2.05, 4.69) is 36.4 Å². The summed E-state index contributed by atoms with van der Waals surface area (Å²) < 4.78 is 14.1. The predicted octanol–water partition coefficient (Wildman–Crippen LogP) is 2.60. The van der Waals surface area contributed by atoms with Crippen molar-refractivity contribution in [2.45, 2.75) is 19.4 Å². The van der Waals surface area contributed by atoms with Crippen molar-refractivity contribution in [1.29, 1.82) is 0 Å². The van der Waals surface area contributed by atoms with E-state index in [1.165, 1.54) is 18.5 Å². The van der Waals surface area contributed by atoms with Crippen LogP contribution in [0.5, 0.6) is 0 Å². The lowest BCUT2D eigenvalue weighted by Gasteiger charge is -2.16. The van der Waals surface area contributed by atoms with Gasteiger partial charge < -0.3 is 5.32 Å². The van der Waals surface area contributed by atoms with Crippen molar-refractivity contribution >= 4 is 15.9 Å². The molecule has 1 aromatic carbocycles. The summed E-state index contributed by atoms with van der Waals surface area (Å²) in [6, 6.07) is 4.68. The normalized spacial score (nSPS) is 12.6. The van der Waals surface area contributed by atoms with Gasteiger partial charge in [-0.1, -0.05) is 22.9 Å². The molecule has 0 saturated heterocycles. The molecule has 6 heteroatoms. The highest BCUT2D eigenvalue weighted by atomic mass is 79.9. The standard InChI is InChI=1S/C12H14BrFN4/c1-2-15-11(12-16-7-17-18-12)6-8-5-9(14)3-4-10(8)13/h3-5,7,11,15H,2,6H2,1H3,(H,16,17,18). The van der Waals surface area contributed by atoms with Crippen LogP contribution in [-0.4, -0.2) is 21.7 Å². The minimum atomic E-state index is -0.235. The Morgan fingerprint density at radius 3 is 3.00 bits per heavy atom. The van der Waals surface area contributed by atoms with Gasteiger partial charge in [-0.15, -0.1) is 0 Å². The Hall–Kier alpha value is -1.27. The molecule has 0 radical (unpaired) electrons. The maximum absolute atomic E-state index is 13.2. The number of aromatic amines is 1. The van der Waals surface area contributed by atoms with Crippen LogP contribution < -0.4 is 5.32 Å². The number of benzene rings is 1. The summed E-state index contributed by atoms with van der Waals surface area (Å²) >= 11 is 3.43. The summed E-state index contributed by atoms with van der Waals surface area (Å²) in [5.74, 6) is 0.522. The van der Waals surface area contributed by atoms with Crippen LogP contribution >= 0.6 is 15.9 Å². The third-order valence-electron chi connectivity index (χ3n) is 2.65. The topological polar surface area (TPSA) is 53.6 Å². The molecule has 1 atom stereocenters. The lowest BCUT2D eigenvalue weighted by molar-refractivity contribution is 0.520. The molecule has 4 nitrogen and oxygen atoms in total. The molecular formula is C12H14BrFN4. The lowest BCUT2D eigenvalue weighted by Crippen LogP contribution is -2.24. The first kappa shape index (κ1) is 13.2. The molecule has 1 heterocycles. The first-order chi connectivity index (χ1) is 8.70. The average Bonchev–Trinajstić information content (AvgIpc) is 2.87. The van der Waals surface area contributed by atoms with E-state index >= 15 is 0 Å². The molecule has 0 aliphatic carbocycles. The van der Waals surface area contributed by atoms with E-state index < -0.39 is 0 Å².